The van der Waals surface area contributed by atoms with E-state index in [4.69, 9.17) is 11.6 Å². The zero-order chi connectivity index (χ0) is 22.9. The minimum Gasteiger partial charge on any atom is -0.357 e. The van der Waals surface area contributed by atoms with Crippen molar-refractivity contribution < 1.29 is 14.0 Å². The number of rotatable bonds is 4. The molecule has 0 saturated carbocycles. The summed E-state index contributed by atoms with van der Waals surface area (Å²) in [4.78, 5) is 32.4. The molecule has 2 amide bonds. The molecule has 2 heterocycles. The van der Waals surface area contributed by atoms with Crippen molar-refractivity contribution in [2.75, 3.05) is 20.6 Å². The topological polar surface area (TPSA) is 79.3 Å². The first kappa shape index (κ1) is 23.2. The molecular weight excluding hydrogens is 421 g/mol. The molecule has 0 spiro atoms. The van der Waals surface area contributed by atoms with Gasteiger partial charge in [0, 0.05) is 25.2 Å². The zero-order valence-electron chi connectivity index (χ0n) is 18.6. The van der Waals surface area contributed by atoms with Crippen LogP contribution in [-0.4, -0.2) is 52.9 Å². The molecule has 1 aliphatic rings. The Morgan fingerprint density at radius 1 is 1.26 bits per heavy atom. The van der Waals surface area contributed by atoms with Gasteiger partial charge >= 0.3 is 0 Å². The lowest BCUT2D eigenvalue weighted by Gasteiger charge is -2.29. The first-order chi connectivity index (χ1) is 14.5. The van der Waals surface area contributed by atoms with Crippen molar-refractivity contribution in [3.05, 3.63) is 40.4 Å². The number of fused-ring (bicyclic) bond motifs is 1. The number of benzene rings is 1. The number of carbonyl (C=O) groups excluding carboxylic acids is 2. The zero-order valence-corrected chi connectivity index (χ0v) is 19.3. The Bertz CT molecular complexity index is 999. The lowest BCUT2D eigenvalue weighted by molar-refractivity contribution is -0.124. The molecule has 0 radical (unpaired) electrons. The predicted molar refractivity (Wildman–Crippen MR) is 118 cm³/mol. The second kappa shape index (κ2) is 8.96. The third kappa shape index (κ3) is 4.91. The molecule has 3 rings (SSSR count). The summed E-state index contributed by atoms with van der Waals surface area (Å²) in [5.74, 6) is -0.852. The highest BCUT2D eigenvalue weighted by Crippen LogP contribution is 2.30. The van der Waals surface area contributed by atoms with Crippen LogP contribution in [0.4, 0.5) is 4.39 Å². The van der Waals surface area contributed by atoms with E-state index in [0.717, 1.165) is 13.0 Å². The summed E-state index contributed by atoms with van der Waals surface area (Å²) in [6, 6.07) is 3.67. The van der Waals surface area contributed by atoms with Crippen LogP contribution in [0.25, 0.3) is 11.4 Å². The summed E-state index contributed by atoms with van der Waals surface area (Å²) in [5, 5.41) is 5.73. The summed E-state index contributed by atoms with van der Waals surface area (Å²) in [5.41, 5.74) is 0.685. The summed E-state index contributed by atoms with van der Waals surface area (Å²) < 4.78 is 16.6. The molecule has 1 unspecified atom stereocenters. The smallest absolute Gasteiger partial charge is 0.272 e. The fraction of sp³-hybridized carbons (Fsp3) is 0.500. The quantitative estimate of drug-likeness (QED) is 0.751. The van der Waals surface area contributed by atoms with E-state index in [1.807, 2.05) is 32.4 Å². The Hall–Kier alpha value is -2.45. The van der Waals surface area contributed by atoms with E-state index in [0.29, 0.717) is 29.6 Å². The highest BCUT2D eigenvalue weighted by atomic mass is 35.5. The number of amides is 2. The van der Waals surface area contributed by atoms with Crippen LogP contribution in [0, 0.1) is 11.2 Å². The minimum absolute atomic E-state index is 0.205. The monoisotopic (exact) mass is 449 g/mol. The Balaban J connectivity index is 2.08. The first-order valence-corrected chi connectivity index (χ1v) is 10.7. The van der Waals surface area contributed by atoms with Gasteiger partial charge in [0.1, 0.15) is 17.7 Å². The van der Waals surface area contributed by atoms with E-state index in [2.05, 4.69) is 20.5 Å². The second-order valence-corrected chi connectivity index (χ2v) is 9.42. The predicted octanol–water partition coefficient (Wildman–Crippen LogP) is 3.07. The van der Waals surface area contributed by atoms with E-state index in [9.17, 15) is 14.0 Å². The van der Waals surface area contributed by atoms with Crippen LogP contribution in [0.1, 0.15) is 43.4 Å². The van der Waals surface area contributed by atoms with Gasteiger partial charge in [-0.05, 0) is 43.6 Å². The fourth-order valence-electron chi connectivity index (χ4n) is 3.80. The van der Waals surface area contributed by atoms with Crippen molar-refractivity contribution in [2.45, 2.75) is 46.3 Å². The van der Waals surface area contributed by atoms with Gasteiger partial charge in [-0.15, -0.1) is 0 Å². The number of carbonyl (C=O) groups is 2. The highest BCUT2D eigenvalue weighted by Gasteiger charge is 2.35. The summed E-state index contributed by atoms with van der Waals surface area (Å²) >= 11 is 5.92. The Morgan fingerprint density at radius 2 is 1.97 bits per heavy atom. The molecule has 0 aliphatic carbocycles. The van der Waals surface area contributed by atoms with Crippen LogP contribution in [0.5, 0.6) is 0 Å². The number of halogens is 2. The van der Waals surface area contributed by atoms with Gasteiger partial charge in [-0.1, -0.05) is 32.4 Å². The molecule has 0 fully saturated rings. The van der Waals surface area contributed by atoms with Crippen LogP contribution in [-0.2, 0) is 17.9 Å². The molecular formula is C22H29ClFN5O2. The third-order valence-electron chi connectivity index (χ3n) is 5.45. The maximum absolute atomic E-state index is 14.7. The lowest BCUT2D eigenvalue weighted by Crippen LogP contribution is -2.53. The molecule has 1 atom stereocenters. The maximum Gasteiger partial charge on any atom is 0.272 e. The van der Waals surface area contributed by atoms with Gasteiger partial charge in [0.25, 0.3) is 5.91 Å². The summed E-state index contributed by atoms with van der Waals surface area (Å²) in [6.45, 7) is 7.57. The maximum atomic E-state index is 14.7. The lowest BCUT2D eigenvalue weighted by atomic mass is 9.86. The van der Waals surface area contributed by atoms with E-state index in [1.54, 1.807) is 12.1 Å². The van der Waals surface area contributed by atoms with Crippen molar-refractivity contribution in [3.63, 3.8) is 0 Å². The number of hydrogen-bond acceptors (Lipinski definition) is 4. The molecule has 31 heavy (non-hydrogen) atoms. The van der Waals surface area contributed by atoms with Crippen molar-refractivity contribution in [2.24, 2.45) is 5.41 Å². The molecule has 0 saturated heterocycles. The van der Waals surface area contributed by atoms with Gasteiger partial charge in [0.2, 0.25) is 5.91 Å². The fourth-order valence-corrected chi connectivity index (χ4v) is 3.96. The molecule has 9 heteroatoms. The van der Waals surface area contributed by atoms with Crippen molar-refractivity contribution in [1.82, 2.24) is 25.1 Å². The van der Waals surface area contributed by atoms with Crippen molar-refractivity contribution in [1.29, 1.82) is 0 Å². The van der Waals surface area contributed by atoms with Crippen LogP contribution in [0.3, 0.4) is 0 Å². The van der Waals surface area contributed by atoms with Crippen LogP contribution >= 0.6 is 11.6 Å². The van der Waals surface area contributed by atoms with Crippen LogP contribution < -0.4 is 10.6 Å². The number of hydrogen-bond donors (Lipinski definition) is 2. The van der Waals surface area contributed by atoms with Crippen molar-refractivity contribution >= 4 is 23.4 Å². The molecule has 168 valence electrons. The van der Waals surface area contributed by atoms with E-state index >= 15 is 0 Å². The van der Waals surface area contributed by atoms with Gasteiger partial charge in [0.15, 0.2) is 5.69 Å². The number of likely N-dealkylation sites (N-methyl/N-ethyl adjacent to an activating group) is 1. The van der Waals surface area contributed by atoms with Gasteiger partial charge in [-0.3, -0.25) is 9.59 Å². The van der Waals surface area contributed by atoms with Crippen LogP contribution in [0.15, 0.2) is 18.2 Å². The van der Waals surface area contributed by atoms with E-state index in [-0.39, 0.29) is 17.2 Å². The van der Waals surface area contributed by atoms with E-state index < -0.39 is 23.2 Å². The van der Waals surface area contributed by atoms with Gasteiger partial charge < -0.3 is 20.1 Å². The summed E-state index contributed by atoms with van der Waals surface area (Å²) in [7, 11) is 3.50. The molecule has 2 aromatic rings. The highest BCUT2D eigenvalue weighted by molar-refractivity contribution is 6.30. The van der Waals surface area contributed by atoms with E-state index in [1.165, 1.54) is 13.1 Å². The van der Waals surface area contributed by atoms with Crippen molar-refractivity contribution in [3.8, 4) is 11.4 Å². The summed E-state index contributed by atoms with van der Waals surface area (Å²) in [6.07, 6.45) is 0.839. The van der Waals surface area contributed by atoms with Gasteiger partial charge in [-0.2, -0.15) is 0 Å². The normalized spacial score (nSPS) is 15.7. The molecule has 1 aliphatic heterocycles. The Kier molecular flexibility index (Phi) is 6.71. The van der Waals surface area contributed by atoms with Crippen LogP contribution in [0.2, 0.25) is 5.02 Å². The standard InChI is InChI=1S/C22H29ClFN5O2/c1-22(2,3)18(21(31)25-4)27-20(30)17-16-12-28(5)9-6-10-29(16)19(26-17)14-8-7-13(23)11-15(14)24/h7-8,11,18H,6,9-10,12H2,1-5H3,(H,25,31)(H,27,30). The second-order valence-electron chi connectivity index (χ2n) is 8.98. The SMILES string of the molecule is CNC(=O)C(NC(=O)c1nc(-c2ccc(Cl)cc2F)n2c1CN(C)CCC2)C(C)(C)C. The molecule has 1 aromatic heterocycles. The Labute approximate surface area is 187 Å². The Morgan fingerprint density at radius 3 is 2.58 bits per heavy atom. The minimum atomic E-state index is -0.749. The largest absolute Gasteiger partial charge is 0.357 e. The number of aromatic nitrogens is 2. The third-order valence-corrected chi connectivity index (χ3v) is 5.69. The molecule has 2 N–H and O–H groups in total. The molecule has 0 bridgehead atoms. The van der Waals surface area contributed by atoms with Gasteiger partial charge in [0.05, 0.1) is 11.3 Å². The molecule has 7 nitrogen and oxygen atoms in total. The number of nitrogens with zero attached hydrogens (tertiary/aromatic N) is 3. The average molecular weight is 450 g/mol. The molecule has 1 aromatic carbocycles. The first-order valence-electron chi connectivity index (χ1n) is 10.3. The number of imidazole rings is 1. The van der Waals surface area contributed by atoms with Gasteiger partial charge in [-0.25, -0.2) is 9.37 Å². The average Bonchev–Trinajstić information content (AvgIpc) is 2.90. The number of nitrogens with one attached hydrogen (secondary N) is 2.